The molecule has 2 saturated heterocycles. The van der Waals surface area contributed by atoms with Crippen molar-refractivity contribution in [2.45, 2.75) is 115 Å². The monoisotopic (exact) mass is 692 g/mol. The van der Waals surface area contributed by atoms with Crippen LogP contribution in [0.5, 0.6) is 0 Å². The molecule has 2 heterocycles. The van der Waals surface area contributed by atoms with Gasteiger partial charge in [0, 0.05) is 24.3 Å². The van der Waals surface area contributed by atoms with Crippen molar-refractivity contribution in [1.29, 1.82) is 10.8 Å². The lowest BCUT2D eigenvalue weighted by Crippen LogP contribution is -2.47. The SMILES string of the molecule is CCc1ccc([C@@](CCC=N)(CCN2CCC(N3CCCCC3)CC2)CC(=N)C(=O)Cc2cc(C(F)(F)F)cc(C(F)(F)F)c2)cc1CC. The van der Waals surface area contributed by atoms with Crippen LogP contribution in [0.25, 0.3) is 0 Å². The molecule has 0 aliphatic carbocycles. The number of ketones is 1. The van der Waals surface area contributed by atoms with Crippen LogP contribution >= 0.6 is 0 Å². The summed E-state index contributed by atoms with van der Waals surface area (Å²) in [5, 5.41) is 16.8. The average molecular weight is 693 g/mol. The fourth-order valence-electron chi connectivity index (χ4n) is 7.68. The standard InChI is InChI=1S/C38H50F6N4O/c1-3-28-9-10-30(24-29(28)4-2)36(13-8-15-45,14-20-47-18-11-33(12-19-47)48-16-6-5-7-17-48)26-34(46)35(49)23-27-21-31(37(39,40)41)25-32(22-27)38(42,43)44/h9-10,15,21-22,24-25,33,45-46H,3-8,11-14,16-20,23,26H2,1-2H3/t36-/m0/s1. The predicted octanol–water partition coefficient (Wildman–Crippen LogP) is 9.08. The normalized spacial score (nSPS) is 18.3. The fourth-order valence-corrected chi connectivity index (χ4v) is 7.68. The van der Waals surface area contributed by atoms with E-state index in [1.807, 2.05) is 6.07 Å². The van der Waals surface area contributed by atoms with E-state index in [4.69, 9.17) is 10.8 Å². The first-order chi connectivity index (χ1) is 23.2. The van der Waals surface area contributed by atoms with Crippen molar-refractivity contribution in [2.75, 3.05) is 32.7 Å². The molecule has 11 heteroatoms. The van der Waals surface area contributed by atoms with Gasteiger partial charge in [0.25, 0.3) is 0 Å². The van der Waals surface area contributed by atoms with Crippen molar-refractivity contribution in [3.8, 4) is 0 Å². The maximum Gasteiger partial charge on any atom is 0.416 e. The zero-order valence-corrected chi connectivity index (χ0v) is 28.7. The largest absolute Gasteiger partial charge is 0.416 e. The zero-order chi connectivity index (χ0) is 35.8. The Balaban J connectivity index is 1.60. The summed E-state index contributed by atoms with van der Waals surface area (Å²) in [6, 6.07) is 7.98. The van der Waals surface area contributed by atoms with Crippen LogP contribution < -0.4 is 0 Å². The average Bonchev–Trinajstić information content (AvgIpc) is 3.08. The third-order valence-electron chi connectivity index (χ3n) is 10.6. The summed E-state index contributed by atoms with van der Waals surface area (Å²) in [5.74, 6) is -0.810. The highest BCUT2D eigenvalue weighted by Crippen LogP contribution is 2.40. The molecule has 0 amide bonds. The van der Waals surface area contributed by atoms with Crippen LogP contribution in [0.1, 0.15) is 105 Å². The summed E-state index contributed by atoms with van der Waals surface area (Å²) >= 11 is 0. The molecule has 0 saturated carbocycles. The predicted molar refractivity (Wildman–Crippen MR) is 182 cm³/mol. The van der Waals surface area contributed by atoms with E-state index < -0.39 is 46.7 Å². The molecule has 2 aliphatic rings. The Morgan fingerprint density at radius 3 is 1.98 bits per heavy atom. The van der Waals surface area contributed by atoms with Gasteiger partial charge in [0.05, 0.1) is 16.8 Å². The minimum Gasteiger partial charge on any atom is -0.313 e. The number of Topliss-reactive ketones (excluding diaryl/α,β-unsaturated/α-hetero) is 1. The summed E-state index contributed by atoms with van der Waals surface area (Å²) in [6.07, 6.45) is -0.484. The Labute approximate surface area is 286 Å². The Morgan fingerprint density at radius 1 is 0.816 bits per heavy atom. The third-order valence-corrected chi connectivity index (χ3v) is 10.6. The van der Waals surface area contributed by atoms with Crippen LogP contribution in [0.3, 0.4) is 0 Å². The number of halogens is 6. The minimum absolute atomic E-state index is 0.0242. The fraction of sp³-hybridized carbons (Fsp3) is 0.605. The van der Waals surface area contributed by atoms with Gasteiger partial charge in [0.1, 0.15) is 0 Å². The van der Waals surface area contributed by atoms with Gasteiger partial charge < -0.3 is 20.6 Å². The van der Waals surface area contributed by atoms with E-state index in [1.54, 1.807) is 0 Å². The molecule has 270 valence electrons. The molecule has 2 aromatic rings. The van der Waals surface area contributed by atoms with E-state index in [1.165, 1.54) is 31.0 Å². The van der Waals surface area contributed by atoms with Crippen molar-refractivity contribution in [3.05, 3.63) is 69.8 Å². The van der Waals surface area contributed by atoms with Crippen LogP contribution in [0.4, 0.5) is 26.3 Å². The number of alkyl halides is 6. The second-order valence-corrected chi connectivity index (χ2v) is 13.8. The number of benzene rings is 2. The highest BCUT2D eigenvalue weighted by molar-refractivity contribution is 6.39. The number of piperidine rings is 2. The van der Waals surface area contributed by atoms with Crippen LogP contribution in [-0.4, -0.2) is 66.3 Å². The lowest BCUT2D eigenvalue weighted by Gasteiger charge is -2.42. The first-order valence-electron chi connectivity index (χ1n) is 17.7. The number of carbonyl (C=O) groups is 1. The molecule has 0 spiro atoms. The van der Waals surface area contributed by atoms with E-state index in [0.29, 0.717) is 44.0 Å². The third kappa shape index (κ3) is 10.2. The number of hydrogen-bond acceptors (Lipinski definition) is 5. The molecular formula is C38H50F6N4O. The number of likely N-dealkylation sites (tertiary alicyclic amines) is 2. The Bertz CT molecular complexity index is 1410. The van der Waals surface area contributed by atoms with E-state index in [-0.39, 0.29) is 18.2 Å². The summed E-state index contributed by atoms with van der Waals surface area (Å²) in [4.78, 5) is 18.5. The maximum atomic E-state index is 13.5. The molecule has 49 heavy (non-hydrogen) atoms. The first-order valence-corrected chi connectivity index (χ1v) is 17.7. The van der Waals surface area contributed by atoms with Gasteiger partial charge in [-0.25, -0.2) is 0 Å². The van der Waals surface area contributed by atoms with Crippen molar-refractivity contribution in [1.82, 2.24) is 9.80 Å². The van der Waals surface area contributed by atoms with Gasteiger partial charge >= 0.3 is 12.4 Å². The van der Waals surface area contributed by atoms with Crippen LogP contribution in [-0.2, 0) is 41.8 Å². The second-order valence-electron chi connectivity index (χ2n) is 13.8. The van der Waals surface area contributed by atoms with Crippen LogP contribution in [0.2, 0.25) is 0 Å². The van der Waals surface area contributed by atoms with Gasteiger partial charge in [0.2, 0.25) is 0 Å². The molecule has 1 atom stereocenters. The molecule has 0 bridgehead atoms. The summed E-state index contributed by atoms with van der Waals surface area (Å²) in [6.45, 7) is 9.04. The van der Waals surface area contributed by atoms with Crippen LogP contribution in [0, 0.1) is 10.8 Å². The Morgan fingerprint density at radius 2 is 1.43 bits per heavy atom. The van der Waals surface area contributed by atoms with Crippen molar-refractivity contribution in [2.24, 2.45) is 0 Å². The van der Waals surface area contributed by atoms with Gasteiger partial charge in [-0.3, -0.25) is 4.79 Å². The topological polar surface area (TPSA) is 71.2 Å². The molecule has 4 rings (SSSR count). The van der Waals surface area contributed by atoms with Gasteiger partial charge in [-0.2, -0.15) is 26.3 Å². The number of rotatable bonds is 15. The lowest BCUT2D eigenvalue weighted by atomic mass is 9.69. The molecule has 0 radical (unpaired) electrons. The van der Waals surface area contributed by atoms with E-state index in [2.05, 4.69) is 35.8 Å². The van der Waals surface area contributed by atoms with Crippen molar-refractivity contribution in [3.63, 3.8) is 0 Å². The summed E-state index contributed by atoms with van der Waals surface area (Å²) < 4.78 is 81.1. The Hall–Kier alpha value is -3.05. The molecule has 0 unspecified atom stereocenters. The lowest BCUT2D eigenvalue weighted by molar-refractivity contribution is -0.143. The van der Waals surface area contributed by atoms with E-state index >= 15 is 0 Å². The van der Waals surface area contributed by atoms with Crippen molar-refractivity contribution < 1.29 is 31.1 Å². The number of nitrogens with zero attached hydrogens (tertiary/aromatic N) is 2. The second kappa shape index (κ2) is 16.8. The van der Waals surface area contributed by atoms with Gasteiger partial charge in [-0.05, 0) is 137 Å². The first kappa shape index (κ1) is 38.7. The van der Waals surface area contributed by atoms with Gasteiger partial charge in [-0.1, -0.05) is 38.5 Å². The van der Waals surface area contributed by atoms with Crippen LogP contribution in [0.15, 0.2) is 36.4 Å². The summed E-state index contributed by atoms with van der Waals surface area (Å²) in [5.41, 5.74) is -1.16. The zero-order valence-electron chi connectivity index (χ0n) is 28.7. The maximum absolute atomic E-state index is 13.5. The highest BCUT2D eigenvalue weighted by atomic mass is 19.4. The molecule has 2 aromatic carbocycles. The molecule has 5 nitrogen and oxygen atoms in total. The van der Waals surface area contributed by atoms with Gasteiger partial charge in [0.15, 0.2) is 5.78 Å². The number of nitrogens with one attached hydrogen (secondary N) is 2. The molecule has 2 fully saturated rings. The van der Waals surface area contributed by atoms with E-state index in [9.17, 15) is 31.1 Å². The van der Waals surface area contributed by atoms with E-state index in [0.717, 1.165) is 63.0 Å². The molecular weight excluding hydrogens is 642 g/mol. The highest BCUT2D eigenvalue weighted by Gasteiger charge is 2.39. The Kier molecular flexibility index (Phi) is 13.3. The smallest absolute Gasteiger partial charge is 0.313 e. The molecule has 0 aromatic heterocycles. The summed E-state index contributed by atoms with van der Waals surface area (Å²) in [7, 11) is 0. The molecule has 2 aliphatic heterocycles. The quantitative estimate of drug-likeness (QED) is 0.145. The number of carbonyl (C=O) groups excluding carboxylic acids is 1. The van der Waals surface area contributed by atoms with Gasteiger partial charge in [-0.15, -0.1) is 0 Å². The van der Waals surface area contributed by atoms with Crippen molar-refractivity contribution >= 4 is 17.7 Å². The molecule has 2 N–H and O–H groups in total. The number of aryl methyl sites for hydroxylation is 2. The number of hydrogen-bond donors (Lipinski definition) is 2. The minimum atomic E-state index is -5.03.